The van der Waals surface area contributed by atoms with Crippen LogP contribution < -0.4 is 14.7 Å². The van der Waals surface area contributed by atoms with Crippen LogP contribution in [0.2, 0.25) is 5.15 Å². The van der Waals surface area contributed by atoms with E-state index in [1.807, 2.05) is 72.1 Å². The molecule has 0 saturated carbocycles. The van der Waals surface area contributed by atoms with Gasteiger partial charge in [0.1, 0.15) is 39.4 Å². The Kier molecular flexibility index (Phi) is 23.7. The summed E-state index contributed by atoms with van der Waals surface area (Å²) in [6.07, 6.45) is 11.8. The van der Waals surface area contributed by atoms with Crippen LogP contribution in [0.5, 0.6) is 0 Å². The molecule has 1 N–H and O–H groups in total. The molecule has 0 bridgehead atoms. The van der Waals surface area contributed by atoms with Crippen LogP contribution in [0.3, 0.4) is 0 Å². The quantitative estimate of drug-likeness (QED) is 0.115. The molecule has 0 aromatic carbocycles. The van der Waals surface area contributed by atoms with Gasteiger partial charge >= 0.3 is 42.0 Å². The standard InChI is InChI=1S/C16H24N4O4.C16H23N3O4.C15H22N4O4.C6H5ClN2O2/c1-16(2,3)24-15(22)19(4)8-11-9-20(10-11)13-7-17-12(6-18-13)14(21)23-5;1-16(2,3)23-14(20)6-5-11-9-19(10-11)13-8-17-12(7-18-13)15(21)22-4;1-15(2,3)23-14(22)18(4)7-10-8-19(9-10)12-6-16-11(5-17-12)13(20)21;1-11-6(10)4-2-9-5(7)3-8-4/h6-7,11H,8-10H2,1-5H3;7-8,11H,5-6,9-10H2,1-4H3;5-6,10H,7-9H2,1-4H3,(H,20,21);2-3H,1H3. The van der Waals surface area contributed by atoms with Crippen molar-refractivity contribution in [1.82, 2.24) is 49.7 Å². The lowest BCUT2D eigenvalue weighted by Gasteiger charge is -2.41. The van der Waals surface area contributed by atoms with Crippen molar-refractivity contribution in [2.75, 3.05) is 102 Å². The highest BCUT2D eigenvalue weighted by atomic mass is 35.5. The van der Waals surface area contributed by atoms with E-state index in [2.05, 4.69) is 59.0 Å². The molecule has 0 atom stereocenters. The summed E-state index contributed by atoms with van der Waals surface area (Å²) in [6, 6.07) is 0. The topological polar surface area (TPSA) is 314 Å². The fourth-order valence-electron chi connectivity index (χ4n) is 7.51. The number of ether oxygens (including phenoxy) is 6. The number of carbonyl (C=O) groups is 7. The van der Waals surface area contributed by atoms with E-state index in [0.29, 0.717) is 48.9 Å². The number of carboxylic acids is 1. The summed E-state index contributed by atoms with van der Waals surface area (Å²) in [5.74, 6) is 0.438. The van der Waals surface area contributed by atoms with Crippen molar-refractivity contribution in [1.29, 1.82) is 0 Å². The fraction of sp³-hybridized carbons (Fsp3) is 0.566. The van der Waals surface area contributed by atoms with Crippen molar-refractivity contribution < 1.29 is 67.1 Å². The van der Waals surface area contributed by atoms with Gasteiger partial charge in [0.2, 0.25) is 0 Å². The van der Waals surface area contributed by atoms with Crippen molar-refractivity contribution in [3.05, 3.63) is 77.5 Å². The summed E-state index contributed by atoms with van der Waals surface area (Å²) in [7, 11) is 7.35. The van der Waals surface area contributed by atoms with E-state index in [0.717, 1.165) is 51.5 Å². The molecule has 3 aliphatic heterocycles. The highest BCUT2D eigenvalue weighted by molar-refractivity contribution is 6.29. The maximum Gasteiger partial charge on any atom is 0.410 e. The van der Waals surface area contributed by atoms with Gasteiger partial charge in [-0.2, -0.15) is 0 Å². The molecular weight excluding hydrogens is 1080 g/mol. The number of hydrogen-bond acceptors (Lipinski definition) is 24. The highest BCUT2D eigenvalue weighted by Crippen LogP contribution is 2.27. The zero-order chi connectivity index (χ0) is 60.4. The van der Waals surface area contributed by atoms with E-state index in [1.165, 1.54) is 58.5 Å². The van der Waals surface area contributed by atoms with E-state index >= 15 is 0 Å². The number of amides is 2. The second kappa shape index (κ2) is 29.4. The Morgan fingerprint density at radius 1 is 0.494 bits per heavy atom. The van der Waals surface area contributed by atoms with Crippen molar-refractivity contribution in [3.8, 4) is 0 Å². The van der Waals surface area contributed by atoms with E-state index < -0.39 is 40.7 Å². The monoisotopic (exact) mass is 1150 g/mol. The van der Waals surface area contributed by atoms with Crippen LogP contribution in [0.15, 0.2) is 49.6 Å². The zero-order valence-corrected chi connectivity index (χ0v) is 49.1. The molecule has 442 valence electrons. The fourth-order valence-corrected chi connectivity index (χ4v) is 7.61. The van der Waals surface area contributed by atoms with Gasteiger partial charge in [-0.1, -0.05) is 11.6 Å². The second-order valence-electron chi connectivity index (χ2n) is 21.9. The third-order valence-corrected chi connectivity index (χ3v) is 11.6. The number of anilines is 3. The third kappa shape index (κ3) is 22.2. The molecule has 3 fully saturated rings. The first-order valence-electron chi connectivity index (χ1n) is 25.6. The van der Waals surface area contributed by atoms with Crippen molar-refractivity contribution in [3.63, 3.8) is 0 Å². The molecule has 81 heavy (non-hydrogen) atoms. The number of carboxylic acid groups (broad SMARTS) is 1. The molecule has 0 spiro atoms. The Morgan fingerprint density at radius 2 is 0.815 bits per heavy atom. The normalized spacial score (nSPS) is 14.2. The average molecular weight is 1150 g/mol. The van der Waals surface area contributed by atoms with E-state index in [9.17, 15) is 33.6 Å². The molecule has 0 unspecified atom stereocenters. The summed E-state index contributed by atoms with van der Waals surface area (Å²) >= 11 is 5.43. The van der Waals surface area contributed by atoms with Crippen LogP contribution in [0.1, 0.15) is 117 Å². The molecule has 7 rings (SSSR count). The van der Waals surface area contributed by atoms with Gasteiger partial charge in [-0.3, -0.25) is 4.79 Å². The number of hydrogen-bond donors (Lipinski definition) is 1. The first kappa shape index (κ1) is 65.4. The van der Waals surface area contributed by atoms with Gasteiger partial charge in [0, 0.05) is 84.7 Å². The molecule has 28 heteroatoms. The van der Waals surface area contributed by atoms with Crippen molar-refractivity contribution in [2.45, 2.75) is 92.0 Å². The predicted molar refractivity (Wildman–Crippen MR) is 294 cm³/mol. The Bertz CT molecular complexity index is 2720. The van der Waals surface area contributed by atoms with Crippen molar-refractivity contribution in [2.24, 2.45) is 17.8 Å². The van der Waals surface area contributed by atoms with Crippen LogP contribution >= 0.6 is 11.6 Å². The lowest BCUT2D eigenvalue weighted by Crippen LogP contribution is -2.52. The number of rotatable bonds is 14. The Labute approximate surface area is 476 Å². The molecule has 2 amide bonds. The maximum atomic E-state index is 11.9. The van der Waals surface area contributed by atoms with Gasteiger partial charge in [0.15, 0.2) is 22.8 Å². The number of aromatic nitrogens is 8. The van der Waals surface area contributed by atoms with Gasteiger partial charge < -0.3 is 58.0 Å². The second-order valence-corrected chi connectivity index (χ2v) is 22.3. The first-order chi connectivity index (χ1) is 37.9. The van der Waals surface area contributed by atoms with Gasteiger partial charge in [-0.05, 0) is 74.7 Å². The minimum Gasteiger partial charge on any atom is -0.476 e. The number of esters is 4. The lowest BCUT2D eigenvalue weighted by atomic mass is 9.95. The van der Waals surface area contributed by atoms with Gasteiger partial charge in [0.05, 0.1) is 70.9 Å². The van der Waals surface area contributed by atoms with Gasteiger partial charge in [-0.25, -0.2) is 68.6 Å². The van der Waals surface area contributed by atoms with Crippen LogP contribution in [0.4, 0.5) is 27.0 Å². The van der Waals surface area contributed by atoms with E-state index in [4.69, 9.17) is 30.9 Å². The maximum absolute atomic E-state index is 11.9. The largest absolute Gasteiger partial charge is 0.476 e. The first-order valence-corrected chi connectivity index (χ1v) is 26.0. The summed E-state index contributed by atoms with van der Waals surface area (Å²) in [6.45, 7) is 22.6. The van der Waals surface area contributed by atoms with Crippen LogP contribution in [-0.4, -0.2) is 201 Å². The molecule has 4 aromatic heterocycles. The van der Waals surface area contributed by atoms with Crippen LogP contribution in [0, 0.1) is 17.8 Å². The SMILES string of the molecule is CN(CC1CN(c2cnc(C(=O)O)cn2)C1)C(=O)OC(C)(C)C.COC(=O)c1cnc(Cl)cn1.COC(=O)c1cnc(N2CC(CCC(=O)OC(C)(C)C)C2)cn1.COC(=O)c1cnc(N2CC(CN(C)C(=O)OC(C)(C)C)C2)cn1. The predicted octanol–water partition coefficient (Wildman–Crippen LogP) is 5.78. The minimum absolute atomic E-state index is 0.0736. The molecular formula is C53H74ClN13O14. The number of carbonyl (C=O) groups excluding carboxylic acids is 6. The Hall–Kier alpha value is -8.10. The van der Waals surface area contributed by atoms with Gasteiger partial charge in [0.25, 0.3) is 0 Å². The summed E-state index contributed by atoms with van der Waals surface area (Å²) in [5, 5.41) is 9.04. The summed E-state index contributed by atoms with van der Waals surface area (Å²) in [4.78, 5) is 121. The van der Waals surface area contributed by atoms with E-state index in [1.54, 1.807) is 36.3 Å². The molecule has 0 radical (unpaired) electrons. The Morgan fingerprint density at radius 3 is 1.10 bits per heavy atom. The highest BCUT2D eigenvalue weighted by Gasteiger charge is 2.34. The zero-order valence-electron chi connectivity index (χ0n) is 48.4. The Balaban J connectivity index is 0.000000239. The minimum atomic E-state index is -1.09. The number of halogens is 1. The molecule has 7 heterocycles. The lowest BCUT2D eigenvalue weighted by molar-refractivity contribution is -0.155. The number of aromatic carboxylic acids is 1. The summed E-state index contributed by atoms with van der Waals surface area (Å²) in [5.41, 5.74) is -0.972. The molecule has 4 aromatic rings. The molecule has 27 nitrogen and oxygen atoms in total. The smallest absolute Gasteiger partial charge is 0.410 e. The van der Waals surface area contributed by atoms with Crippen LogP contribution in [0.25, 0.3) is 0 Å². The van der Waals surface area contributed by atoms with Gasteiger partial charge in [-0.15, -0.1) is 0 Å². The number of nitrogens with zero attached hydrogens (tertiary/aromatic N) is 13. The van der Waals surface area contributed by atoms with E-state index in [-0.39, 0.29) is 46.1 Å². The average Bonchev–Trinajstić information content (AvgIpc) is 3.37. The summed E-state index contributed by atoms with van der Waals surface area (Å²) < 4.78 is 29.5. The van der Waals surface area contributed by atoms with Crippen LogP contribution in [-0.2, 0) is 33.2 Å². The molecule has 3 aliphatic rings. The molecule has 3 saturated heterocycles. The molecule has 0 aliphatic carbocycles. The number of methoxy groups -OCH3 is 3. The van der Waals surface area contributed by atoms with Crippen molar-refractivity contribution >= 4 is 71.1 Å². The third-order valence-electron chi connectivity index (χ3n) is 11.4.